The van der Waals surface area contributed by atoms with E-state index in [4.69, 9.17) is 0 Å². The van der Waals surface area contributed by atoms with Crippen molar-refractivity contribution in [2.24, 2.45) is 0 Å². The van der Waals surface area contributed by atoms with E-state index in [-0.39, 0.29) is 24.3 Å². The summed E-state index contributed by atoms with van der Waals surface area (Å²) in [5.41, 5.74) is 0.861. The van der Waals surface area contributed by atoms with Crippen molar-refractivity contribution in [3.05, 3.63) is 35.9 Å². The zero-order valence-electron chi connectivity index (χ0n) is 15.0. The third-order valence-corrected chi connectivity index (χ3v) is 4.85. The average Bonchev–Trinajstić information content (AvgIpc) is 3.33. The molecule has 2 saturated heterocycles. The highest BCUT2D eigenvalue weighted by Crippen LogP contribution is 2.09. The molecule has 3 unspecified atom stereocenters. The number of hydrogen-bond acceptors (Lipinski definition) is 5. The zero-order valence-corrected chi connectivity index (χ0v) is 15.0. The number of amides is 4. The fourth-order valence-corrected chi connectivity index (χ4v) is 3.35. The molecule has 0 spiro atoms. The molecule has 0 saturated carbocycles. The molecule has 2 fully saturated rings. The Hall–Kier alpha value is -2.74. The number of carbonyl (C=O) groups is 4. The normalized spacial score (nSPS) is 22.7. The molecule has 144 valence electrons. The van der Waals surface area contributed by atoms with Crippen LogP contribution in [-0.2, 0) is 25.6 Å². The van der Waals surface area contributed by atoms with Gasteiger partial charge in [-0.2, -0.15) is 0 Å². The van der Waals surface area contributed by atoms with Gasteiger partial charge in [0.05, 0.1) is 6.04 Å². The highest BCUT2D eigenvalue weighted by Gasteiger charge is 2.32. The lowest BCUT2D eigenvalue weighted by molar-refractivity contribution is -0.135. The SMILES string of the molecule is O=C1CCC(C(=O)NC(Cc2ccccc2)C(=O)NC(=O)C2CCCN2)N1. The number of carbonyl (C=O) groups excluding carboxylic acids is 4. The quantitative estimate of drug-likeness (QED) is 0.531. The number of hydrogen-bond donors (Lipinski definition) is 4. The highest BCUT2D eigenvalue weighted by molar-refractivity contribution is 6.02. The van der Waals surface area contributed by atoms with E-state index in [1.54, 1.807) is 0 Å². The first-order chi connectivity index (χ1) is 13.0. The Morgan fingerprint density at radius 1 is 1.07 bits per heavy atom. The standard InChI is InChI=1S/C19H24N4O4/c24-16-9-8-14(21-16)18(26)22-15(11-12-5-2-1-3-6-12)19(27)23-17(25)13-7-4-10-20-13/h1-3,5-6,13-15,20H,4,7-11H2,(H,21,24)(H,22,26)(H,23,25,27). The fourth-order valence-electron chi connectivity index (χ4n) is 3.35. The maximum absolute atomic E-state index is 12.7. The van der Waals surface area contributed by atoms with Crippen molar-refractivity contribution < 1.29 is 19.2 Å². The molecular weight excluding hydrogens is 348 g/mol. The molecule has 1 aromatic rings. The third kappa shape index (κ3) is 5.13. The van der Waals surface area contributed by atoms with Crippen molar-refractivity contribution in [1.82, 2.24) is 21.3 Å². The van der Waals surface area contributed by atoms with Gasteiger partial charge in [-0.05, 0) is 31.4 Å². The van der Waals surface area contributed by atoms with Crippen LogP contribution in [0.15, 0.2) is 30.3 Å². The van der Waals surface area contributed by atoms with Gasteiger partial charge >= 0.3 is 0 Å². The summed E-state index contributed by atoms with van der Waals surface area (Å²) in [6, 6.07) is 7.33. The van der Waals surface area contributed by atoms with Crippen LogP contribution in [0.1, 0.15) is 31.2 Å². The van der Waals surface area contributed by atoms with Crippen LogP contribution in [0.4, 0.5) is 0 Å². The molecule has 4 amide bonds. The molecule has 2 aliphatic rings. The number of imide groups is 1. The van der Waals surface area contributed by atoms with Crippen molar-refractivity contribution in [3.63, 3.8) is 0 Å². The molecule has 0 aliphatic carbocycles. The van der Waals surface area contributed by atoms with Gasteiger partial charge in [0.15, 0.2) is 0 Å². The van der Waals surface area contributed by atoms with Crippen LogP contribution >= 0.6 is 0 Å². The van der Waals surface area contributed by atoms with Crippen molar-refractivity contribution in [3.8, 4) is 0 Å². The maximum atomic E-state index is 12.7. The summed E-state index contributed by atoms with van der Waals surface area (Å²) in [6.45, 7) is 0.748. The Bertz CT molecular complexity index is 716. The van der Waals surface area contributed by atoms with Crippen molar-refractivity contribution in [2.45, 2.75) is 50.2 Å². The molecule has 3 rings (SSSR count). The van der Waals surface area contributed by atoms with Gasteiger partial charge in [-0.3, -0.25) is 24.5 Å². The molecule has 8 heteroatoms. The fraction of sp³-hybridized carbons (Fsp3) is 0.474. The van der Waals surface area contributed by atoms with E-state index < -0.39 is 23.9 Å². The first kappa shape index (κ1) is 19.0. The summed E-state index contributed by atoms with van der Waals surface area (Å²) in [7, 11) is 0. The largest absolute Gasteiger partial charge is 0.344 e. The Morgan fingerprint density at radius 2 is 1.85 bits per heavy atom. The van der Waals surface area contributed by atoms with Gasteiger partial charge in [0.2, 0.25) is 23.6 Å². The molecule has 8 nitrogen and oxygen atoms in total. The maximum Gasteiger partial charge on any atom is 0.249 e. The first-order valence-corrected chi connectivity index (χ1v) is 9.24. The van der Waals surface area contributed by atoms with Crippen LogP contribution in [0.3, 0.4) is 0 Å². The monoisotopic (exact) mass is 372 g/mol. The number of nitrogens with one attached hydrogen (secondary N) is 4. The van der Waals surface area contributed by atoms with E-state index in [2.05, 4.69) is 21.3 Å². The van der Waals surface area contributed by atoms with E-state index >= 15 is 0 Å². The Balaban J connectivity index is 1.66. The molecule has 2 heterocycles. The predicted molar refractivity (Wildman–Crippen MR) is 97.4 cm³/mol. The van der Waals surface area contributed by atoms with E-state index in [9.17, 15) is 19.2 Å². The van der Waals surface area contributed by atoms with Gasteiger partial charge in [0.1, 0.15) is 12.1 Å². The van der Waals surface area contributed by atoms with Crippen LogP contribution in [0, 0.1) is 0 Å². The molecule has 0 aromatic heterocycles. The van der Waals surface area contributed by atoms with Crippen LogP contribution in [0.2, 0.25) is 0 Å². The van der Waals surface area contributed by atoms with Crippen LogP contribution in [-0.4, -0.2) is 48.3 Å². The summed E-state index contributed by atoms with van der Waals surface area (Å²) in [5, 5.41) is 10.7. The Morgan fingerprint density at radius 3 is 2.48 bits per heavy atom. The van der Waals surface area contributed by atoms with Crippen LogP contribution < -0.4 is 21.3 Å². The minimum absolute atomic E-state index is 0.179. The second kappa shape index (κ2) is 8.77. The van der Waals surface area contributed by atoms with Crippen LogP contribution in [0.5, 0.6) is 0 Å². The number of benzene rings is 1. The smallest absolute Gasteiger partial charge is 0.249 e. The van der Waals surface area contributed by atoms with Gasteiger partial charge < -0.3 is 16.0 Å². The topological polar surface area (TPSA) is 116 Å². The molecule has 1 aromatic carbocycles. The van der Waals surface area contributed by atoms with Gasteiger partial charge in [-0.1, -0.05) is 30.3 Å². The van der Waals surface area contributed by atoms with Crippen molar-refractivity contribution in [1.29, 1.82) is 0 Å². The van der Waals surface area contributed by atoms with E-state index in [0.29, 0.717) is 19.3 Å². The van der Waals surface area contributed by atoms with E-state index in [1.165, 1.54) is 0 Å². The minimum atomic E-state index is -0.900. The second-order valence-electron chi connectivity index (χ2n) is 6.91. The van der Waals surface area contributed by atoms with E-state index in [1.807, 2.05) is 30.3 Å². The summed E-state index contributed by atoms with van der Waals surface area (Å²) in [6.07, 6.45) is 2.51. The lowest BCUT2D eigenvalue weighted by Crippen LogP contribution is -2.55. The van der Waals surface area contributed by atoms with Crippen molar-refractivity contribution in [2.75, 3.05) is 6.54 Å². The molecule has 4 N–H and O–H groups in total. The van der Waals surface area contributed by atoms with Gasteiger partial charge in [0.25, 0.3) is 0 Å². The lowest BCUT2D eigenvalue weighted by atomic mass is 10.0. The predicted octanol–water partition coefficient (Wildman–Crippen LogP) is -0.613. The van der Waals surface area contributed by atoms with Gasteiger partial charge in [-0.15, -0.1) is 0 Å². The van der Waals surface area contributed by atoms with Gasteiger partial charge in [-0.25, -0.2) is 0 Å². The molecule has 2 aliphatic heterocycles. The van der Waals surface area contributed by atoms with Gasteiger partial charge in [0, 0.05) is 12.8 Å². The summed E-state index contributed by atoms with van der Waals surface area (Å²) >= 11 is 0. The Kier molecular flexibility index (Phi) is 6.18. The lowest BCUT2D eigenvalue weighted by Gasteiger charge is -2.21. The van der Waals surface area contributed by atoms with Crippen molar-refractivity contribution >= 4 is 23.6 Å². The molecule has 27 heavy (non-hydrogen) atoms. The second-order valence-corrected chi connectivity index (χ2v) is 6.91. The molecule has 0 bridgehead atoms. The third-order valence-electron chi connectivity index (χ3n) is 4.85. The summed E-state index contributed by atoms with van der Waals surface area (Å²) in [4.78, 5) is 48.7. The molecular formula is C19H24N4O4. The average molecular weight is 372 g/mol. The zero-order chi connectivity index (χ0) is 19.2. The molecule has 3 atom stereocenters. The highest BCUT2D eigenvalue weighted by atomic mass is 16.2. The minimum Gasteiger partial charge on any atom is -0.344 e. The van der Waals surface area contributed by atoms with E-state index in [0.717, 1.165) is 18.5 Å². The number of rotatable bonds is 6. The van der Waals surface area contributed by atoms with Crippen LogP contribution in [0.25, 0.3) is 0 Å². The summed E-state index contributed by atoms with van der Waals surface area (Å²) in [5.74, 6) is -1.51. The Labute approximate surface area is 157 Å². The molecule has 0 radical (unpaired) electrons. The summed E-state index contributed by atoms with van der Waals surface area (Å²) < 4.78 is 0. The first-order valence-electron chi connectivity index (χ1n) is 9.24.